The van der Waals surface area contributed by atoms with E-state index in [0.717, 1.165) is 12.8 Å². The molecule has 5 nitrogen and oxygen atoms in total. The minimum absolute atomic E-state index is 0.329. The molecule has 0 saturated carbocycles. The van der Waals surface area contributed by atoms with Crippen LogP contribution >= 0.6 is 0 Å². The van der Waals surface area contributed by atoms with Gasteiger partial charge in [-0.1, -0.05) is 13.3 Å². The fraction of sp³-hybridized carbons (Fsp3) is 0.727. The summed E-state index contributed by atoms with van der Waals surface area (Å²) in [6.07, 6.45) is 1.81. The molecule has 1 N–H and O–H groups in total. The lowest BCUT2D eigenvalue weighted by molar-refractivity contribution is 0.576. The highest BCUT2D eigenvalue weighted by atomic mass is 32.2. The highest BCUT2D eigenvalue weighted by Gasteiger charge is 2.23. The summed E-state index contributed by atoms with van der Waals surface area (Å²) in [6, 6.07) is 0. The number of hydrogen-bond acceptors (Lipinski definition) is 3. The van der Waals surface area contributed by atoms with E-state index in [-0.39, 0.29) is 0 Å². The van der Waals surface area contributed by atoms with Crippen LogP contribution in [0.3, 0.4) is 0 Å². The van der Waals surface area contributed by atoms with Crippen LogP contribution in [0.25, 0.3) is 0 Å². The quantitative estimate of drug-likeness (QED) is 0.789. The second-order valence-electron chi connectivity index (χ2n) is 4.07. The van der Waals surface area contributed by atoms with E-state index in [1.165, 1.54) is 0 Å². The number of hydrogen-bond donors (Lipinski definition) is 1. The fourth-order valence-corrected chi connectivity index (χ4v) is 3.31. The second-order valence-corrected chi connectivity index (χ2v) is 5.77. The summed E-state index contributed by atoms with van der Waals surface area (Å²) in [5.41, 5.74) is 1.27. The van der Waals surface area contributed by atoms with Crippen molar-refractivity contribution in [1.82, 2.24) is 14.5 Å². The molecule has 0 radical (unpaired) electrons. The Morgan fingerprint density at radius 2 is 1.94 bits per heavy atom. The lowest BCUT2D eigenvalue weighted by Gasteiger charge is -2.06. The van der Waals surface area contributed by atoms with Gasteiger partial charge < -0.3 is 0 Å². The minimum Gasteiger partial charge on any atom is -0.268 e. The summed E-state index contributed by atoms with van der Waals surface area (Å²) >= 11 is 0. The normalized spacial score (nSPS) is 12.0. The molecular weight excluding hydrogens is 238 g/mol. The van der Waals surface area contributed by atoms with Crippen LogP contribution in [-0.2, 0) is 16.6 Å². The Morgan fingerprint density at radius 1 is 1.29 bits per heavy atom. The molecular formula is C11H21N3O2S. The molecule has 6 heteroatoms. The Balaban J connectivity index is 3.02. The van der Waals surface area contributed by atoms with Gasteiger partial charge in [-0.25, -0.2) is 13.1 Å². The molecule has 0 amide bonds. The van der Waals surface area contributed by atoms with E-state index in [9.17, 15) is 8.42 Å². The van der Waals surface area contributed by atoms with Gasteiger partial charge in [0.2, 0.25) is 10.0 Å². The van der Waals surface area contributed by atoms with E-state index in [1.54, 1.807) is 18.5 Å². The van der Waals surface area contributed by atoms with Crippen molar-refractivity contribution < 1.29 is 8.42 Å². The molecule has 0 unspecified atom stereocenters. The van der Waals surface area contributed by atoms with Crippen LogP contribution in [0.1, 0.15) is 38.1 Å². The first-order chi connectivity index (χ1) is 7.94. The average Bonchev–Trinajstić information content (AvgIpc) is 2.54. The summed E-state index contributed by atoms with van der Waals surface area (Å²) in [5.74, 6) is 0. The molecule has 0 aliphatic heterocycles. The van der Waals surface area contributed by atoms with Crippen molar-refractivity contribution in [3.63, 3.8) is 0 Å². The van der Waals surface area contributed by atoms with E-state index in [0.29, 0.717) is 29.4 Å². The summed E-state index contributed by atoms with van der Waals surface area (Å²) in [7, 11) is -3.42. The van der Waals surface area contributed by atoms with Crippen LogP contribution in [0.2, 0.25) is 0 Å². The third kappa shape index (κ3) is 3.07. The Bertz CT molecular complexity index is 477. The molecule has 1 aromatic heterocycles. The van der Waals surface area contributed by atoms with Crippen LogP contribution in [-0.4, -0.2) is 24.7 Å². The lowest BCUT2D eigenvalue weighted by atomic mass is 10.3. The van der Waals surface area contributed by atoms with Crippen LogP contribution in [0, 0.1) is 13.8 Å². The Kier molecular flexibility index (Phi) is 4.70. The number of nitrogens with zero attached hydrogens (tertiary/aromatic N) is 2. The van der Waals surface area contributed by atoms with E-state index in [1.807, 2.05) is 13.8 Å². The predicted molar refractivity (Wildman–Crippen MR) is 67.5 cm³/mol. The third-order valence-electron chi connectivity index (χ3n) is 2.71. The van der Waals surface area contributed by atoms with Gasteiger partial charge in [0, 0.05) is 13.1 Å². The van der Waals surface area contributed by atoms with Gasteiger partial charge in [0.1, 0.15) is 4.90 Å². The zero-order valence-corrected chi connectivity index (χ0v) is 11.8. The molecule has 1 rings (SSSR count). The number of rotatable bonds is 6. The Morgan fingerprint density at radius 3 is 2.41 bits per heavy atom. The fourth-order valence-electron chi connectivity index (χ4n) is 1.83. The van der Waals surface area contributed by atoms with Crippen molar-refractivity contribution in [1.29, 1.82) is 0 Å². The van der Waals surface area contributed by atoms with Gasteiger partial charge in [0.25, 0.3) is 0 Å². The zero-order chi connectivity index (χ0) is 13.1. The van der Waals surface area contributed by atoms with Crippen LogP contribution in [0.4, 0.5) is 0 Å². The van der Waals surface area contributed by atoms with Gasteiger partial charge in [0.05, 0.1) is 11.4 Å². The highest BCUT2D eigenvalue weighted by molar-refractivity contribution is 7.89. The maximum atomic E-state index is 12.1. The van der Waals surface area contributed by atoms with Crippen molar-refractivity contribution in [3.8, 4) is 0 Å². The SMILES string of the molecule is CCCCNS(=O)(=O)c1c(C)nn(CC)c1C. The van der Waals surface area contributed by atoms with Crippen molar-refractivity contribution >= 4 is 10.0 Å². The van der Waals surface area contributed by atoms with Gasteiger partial charge in [-0.15, -0.1) is 0 Å². The largest absolute Gasteiger partial charge is 0.268 e. The van der Waals surface area contributed by atoms with Crippen LogP contribution in [0.15, 0.2) is 4.90 Å². The van der Waals surface area contributed by atoms with Crippen LogP contribution < -0.4 is 4.72 Å². The maximum Gasteiger partial charge on any atom is 0.244 e. The lowest BCUT2D eigenvalue weighted by Crippen LogP contribution is -2.25. The van der Waals surface area contributed by atoms with Gasteiger partial charge >= 0.3 is 0 Å². The first kappa shape index (κ1) is 14.2. The van der Waals surface area contributed by atoms with Crippen molar-refractivity contribution in [2.45, 2.75) is 52.0 Å². The summed E-state index contributed by atoms with van der Waals surface area (Å²) in [6.45, 7) is 8.65. The third-order valence-corrected chi connectivity index (χ3v) is 4.42. The number of aromatic nitrogens is 2. The first-order valence-electron chi connectivity index (χ1n) is 5.97. The number of aryl methyl sites for hydroxylation is 2. The molecule has 0 aromatic carbocycles. The van der Waals surface area contributed by atoms with Crippen LogP contribution in [0.5, 0.6) is 0 Å². The van der Waals surface area contributed by atoms with Crippen molar-refractivity contribution in [3.05, 3.63) is 11.4 Å². The zero-order valence-electron chi connectivity index (χ0n) is 10.9. The van der Waals surface area contributed by atoms with Crippen molar-refractivity contribution in [2.24, 2.45) is 0 Å². The van der Waals surface area contributed by atoms with Gasteiger partial charge in [-0.3, -0.25) is 4.68 Å². The average molecular weight is 259 g/mol. The molecule has 0 aliphatic carbocycles. The highest BCUT2D eigenvalue weighted by Crippen LogP contribution is 2.18. The maximum absolute atomic E-state index is 12.1. The summed E-state index contributed by atoms with van der Waals surface area (Å²) in [5, 5.41) is 4.22. The Labute approximate surface area is 103 Å². The van der Waals surface area contributed by atoms with Gasteiger partial charge in [-0.05, 0) is 27.2 Å². The van der Waals surface area contributed by atoms with Gasteiger partial charge in [0.15, 0.2) is 0 Å². The van der Waals surface area contributed by atoms with E-state index in [4.69, 9.17) is 0 Å². The molecule has 0 aliphatic rings. The molecule has 0 fully saturated rings. The van der Waals surface area contributed by atoms with Gasteiger partial charge in [-0.2, -0.15) is 5.10 Å². The Hall–Kier alpha value is -0.880. The summed E-state index contributed by atoms with van der Waals surface area (Å²) in [4.78, 5) is 0.329. The minimum atomic E-state index is -3.42. The number of sulfonamides is 1. The topological polar surface area (TPSA) is 64.0 Å². The molecule has 17 heavy (non-hydrogen) atoms. The number of unbranched alkanes of at least 4 members (excludes halogenated alkanes) is 1. The number of nitrogens with one attached hydrogen (secondary N) is 1. The summed E-state index contributed by atoms with van der Waals surface area (Å²) < 4.78 is 28.6. The molecule has 0 saturated heterocycles. The monoisotopic (exact) mass is 259 g/mol. The van der Waals surface area contributed by atoms with E-state index < -0.39 is 10.0 Å². The first-order valence-corrected chi connectivity index (χ1v) is 7.46. The molecule has 0 bridgehead atoms. The standard InChI is InChI=1S/C11H21N3O2S/c1-5-7-8-12-17(15,16)11-9(3)13-14(6-2)10(11)4/h12H,5-8H2,1-4H3. The molecule has 1 heterocycles. The van der Waals surface area contributed by atoms with E-state index in [2.05, 4.69) is 9.82 Å². The molecule has 98 valence electrons. The van der Waals surface area contributed by atoms with Crippen molar-refractivity contribution in [2.75, 3.05) is 6.54 Å². The van der Waals surface area contributed by atoms with E-state index >= 15 is 0 Å². The second kappa shape index (κ2) is 5.64. The predicted octanol–water partition coefficient (Wildman–Crippen LogP) is 1.60. The molecule has 0 spiro atoms. The molecule has 0 atom stereocenters. The molecule has 1 aromatic rings. The smallest absolute Gasteiger partial charge is 0.244 e.